The molecule has 3 nitrogen and oxygen atoms in total. The number of piperazine rings is 1. The topological polar surface area (TPSA) is 18.5 Å². The maximum absolute atomic E-state index is 6.00. The van der Waals surface area contributed by atoms with Crippen molar-refractivity contribution >= 4 is 51.9 Å². The molecule has 1 aliphatic heterocycles. The van der Waals surface area contributed by atoms with Crippen LogP contribution in [-0.4, -0.2) is 36.2 Å². The van der Waals surface area contributed by atoms with Crippen LogP contribution in [0.3, 0.4) is 0 Å². The molecule has 0 radical (unpaired) electrons. The zero-order chi connectivity index (χ0) is 16.2. The van der Waals surface area contributed by atoms with Crippen molar-refractivity contribution in [3.05, 3.63) is 58.6 Å². The maximum atomic E-state index is 6.00. The van der Waals surface area contributed by atoms with Gasteiger partial charge < -0.3 is 15.1 Å². The first-order valence-electron chi connectivity index (χ1n) is 7.44. The predicted molar refractivity (Wildman–Crippen MR) is 103 cm³/mol. The summed E-state index contributed by atoms with van der Waals surface area (Å²) in [5, 5.41) is 5.45. The lowest BCUT2D eigenvalue weighted by atomic mass is 10.2. The van der Waals surface area contributed by atoms with Crippen LogP contribution in [0.25, 0.3) is 0 Å². The van der Waals surface area contributed by atoms with E-state index < -0.39 is 0 Å². The van der Waals surface area contributed by atoms with Gasteiger partial charge in [-0.25, -0.2) is 0 Å². The first kappa shape index (κ1) is 16.4. The van der Waals surface area contributed by atoms with E-state index in [0.29, 0.717) is 5.02 Å². The molecule has 1 saturated heterocycles. The van der Waals surface area contributed by atoms with E-state index >= 15 is 0 Å². The highest BCUT2D eigenvalue weighted by atomic mass is 35.5. The molecule has 1 fully saturated rings. The molecule has 0 aromatic heterocycles. The fraction of sp³-hybridized carbons (Fsp3) is 0.235. The maximum Gasteiger partial charge on any atom is 0.173 e. The Hall–Kier alpha value is -1.49. The molecule has 23 heavy (non-hydrogen) atoms. The molecule has 0 saturated carbocycles. The van der Waals surface area contributed by atoms with Crippen molar-refractivity contribution in [2.75, 3.05) is 36.4 Å². The summed E-state index contributed by atoms with van der Waals surface area (Å²) in [6.45, 7) is 3.63. The molecule has 0 aliphatic carbocycles. The number of halogens is 2. The van der Waals surface area contributed by atoms with E-state index in [1.54, 1.807) is 0 Å². The Morgan fingerprint density at radius 1 is 0.913 bits per heavy atom. The Morgan fingerprint density at radius 2 is 1.61 bits per heavy atom. The quantitative estimate of drug-likeness (QED) is 0.788. The molecule has 1 heterocycles. The Balaban J connectivity index is 1.56. The van der Waals surface area contributed by atoms with Gasteiger partial charge in [0.15, 0.2) is 5.11 Å². The van der Waals surface area contributed by atoms with Crippen molar-refractivity contribution in [2.24, 2.45) is 0 Å². The number of nitrogens with zero attached hydrogens (tertiary/aromatic N) is 2. The van der Waals surface area contributed by atoms with Gasteiger partial charge in [0.1, 0.15) is 0 Å². The van der Waals surface area contributed by atoms with Crippen molar-refractivity contribution in [1.82, 2.24) is 4.90 Å². The van der Waals surface area contributed by atoms with E-state index in [0.717, 1.165) is 42.0 Å². The summed E-state index contributed by atoms with van der Waals surface area (Å²) in [7, 11) is 0. The number of anilines is 2. The van der Waals surface area contributed by atoms with Gasteiger partial charge in [0.05, 0.1) is 0 Å². The van der Waals surface area contributed by atoms with Crippen molar-refractivity contribution in [1.29, 1.82) is 0 Å². The number of rotatable bonds is 2. The molecule has 0 unspecified atom stereocenters. The van der Waals surface area contributed by atoms with E-state index in [-0.39, 0.29) is 0 Å². The minimum absolute atomic E-state index is 0.699. The predicted octanol–water partition coefficient (Wildman–Crippen LogP) is 4.51. The van der Waals surface area contributed by atoms with Crippen LogP contribution in [0.4, 0.5) is 11.4 Å². The van der Waals surface area contributed by atoms with Gasteiger partial charge in [-0.2, -0.15) is 0 Å². The van der Waals surface area contributed by atoms with Crippen molar-refractivity contribution < 1.29 is 0 Å². The van der Waals surface area contributed by atoms with Gasteiger partial charge in [-0.3, -0.25) is 0 Å². The number of hydrogen-bond acceptors (Lipinski definition) is 2. The van der Waals surface area contributed by atoms with E-state index in [2.05, 4.69) is 27.2 Å². The average molecular weight is 366 g/mol. The van der Waals surface area contributed by atoms with E-state index in [1.165, 1.54) is 5.69 Å². The molecule has 120 valence electrons. The SMILES string of the molecule is S=C(Nc1cccc(Cl)c1)N1CCN(c2ccc(Cl)cc2)CC1. The number of benzene rings is 2. The summed E-state index contributed by atoms with van der Waals surface area (Å²) >= 11 is 17.4. The van der Waals surface area contributed by atoms with Gasteiger partial charge in [-0.1, -0.05) is 29.3 Å². The second-order valence-electron chi connectivity index (χ2n) is 5.39. The molecular formula is C17H17Cl2N3S. The smallest absolute Gasteiger partial charge is 0.173 e. The Labute approximate surface area is 151 Å². The Kier molecular flexibility index (Phi) is 5.26. The third kappa shape index (κ3) is 4.28. The summed E-state index contributed by atoms with van der Waals surface area (Å²) in [5.41, 5.74) is 2.12. The van der Waals surface area contributed by atoms with E-state index in [9.17, 15) is 0 Å². The van der Waals surface area contributed by atoms with Gasteiger partial charge in [-0.15, -0.1) is 0 Å². The monoisotopic (exact) mass is 365 g/mol. The minimum atomic E-state index is 0.699. The van der Waals surface area contributed by atoms with Crippen LogP contribution < -0.4 is 10.2 Å². The van der Waals surface area contributed by atoms with Crippen molar-refractivity contribution in [3.63, 3.8) is 0 Å². The third-order valence-electron chi connectivity index (χ3n) is 3.83. The standard InChI is InChI=1S/C17H17Cl2N3S/c18-13-4-6-16(7-5-13)21-8-10-22(11-9-21)17(23)20-15-3-1-2-14(19)12-15/h1-7,12H,8-11H2,(H,20,23). The molecule has 0 atom stereocenters. The molecule has 2 aromatic carbocycles. The Bertz CT molecular complexity index is 682. The lowest BCUT2D eigenvalue weighted by Gasteiger charge is -2.37. The molecule has 2 aromatic rings. The fourth-order valence-electron chi connectivity index (χ4n) is 2.59. The second-order valence-corrected chi connectivity index (χ2v) is 6.65. The number of hydrogen-bond donors (Lipinski definition) is 1. The summed E-state index contributed by atoms with van der Waals surface area (Å²) in [6, 6.07) is 15.6. The highest BCUT2D eigenvalue weighted by Crippen LogP contribution is 2.20. The van der Waals surface area contributed by atoms with E-state index in [4.69, 9.17) is 35.4 Å². The van der Waals surface area contributed by atoms with Crippen molar-refractivity contribution in [2.45, 2.75) is 0 Å². The van der Waals surface area contributed by atoms with E-state index in [1.807, 2.05) is 36.4 Å². The third-order valence-corrected chi connectivity index (χ3v) is 4.68. The van der Waals surface area contributed by atoms with Crippen molar-refractivity contribution in [3.8, 4) is 0 Å². The molecule has 0 bridgehead atoms. The molecule has 0 amide bonds. The van der Waals surface area contributed by atoms with Crippen LogP contribution in [0.15, 0.2) is 48.5 Å². The Morgan fingerprint density at radius 3 is 2.26 bits per heavy atom. The summed E-state index contributed by atoms with van der Waals surface area (Å²) in [5.74, 6) is 0. The minimum Gasteiger partial charge on any atom is -0.368 e. The number of thiocarbonyl (C=S) groups is 1. The van der Waals surface area contributed by atoms with Crippen LogP contribution in [0.2, 0.25) is 10.0 Å². The van der Waals surface area contributed by atoms with Crippen LogP contribution in [0, 0.1) is 0 Å². The highest BCUT2D eigenvalue weighted by molar-refractivity contribution is 7.80. The molecule has 3 rings (SSSR count). The first-order chi connectivity index (χ1) is 11.1. The highest BCUT2D eigenvalue weighted by Gasteiger charge is 2.19. The largest absolute Gasteiger partial charge is 0.368 e. The van der Waals surface area contributed by atoms with Crippen LogP contribution in [-0.2, 0) is 0 Å². The molecule has 6 heteroatoms. The molecule has 1 aliphatic rings. The zero-order valence-corrected chi connectivity index (χ0v) is 14.8. The van der Waals surface area contributed by atoms with Crippen LogP contribution >= 0.6 is 35.4 Å². The zero-order valence-electron chi connectivity index (χ0n) is 12.5. The normalized spacial score (nSPS) is 14.7. The fourth-order valence-corrected chi connectivity index (χ4v) is 3.21. The summed E-state index contributed by atoms with van der Waals surface area (Å²) in [6.07, 6.45) is 0. The number of nitrogens with one attached hydrogen (secondary N) is 1. The molecular weight excluding hydrogens is 349 g/mol. The van der Waals surface area contributed by atoms with Crippen LogP contribution in [0.1, 0.15) is 0 Å². The second kappa shape index (κ2) is 7.39. The summed E-state index contributed by atoms with van der Waals surface area (Å²) in [4.78, 5) is 4.53. The van der Waals surface area contributed by atoms with Gasteiger partial charge >= 0.3 is 0 Å². The van der Waals surface area contributed by atoms with Gasteiger partial charge in [0, 0.05) is 47.6 Å². The summed E-state index contributed by atoms with van der Waals surface area (Å²) < 4.78 is 0. The van der Waals surface area contributed by atoms with Crippen LogP contribution in [0.5, 0.6) is 0 Å². The molecule has 0 spiro atoms. The lowest BCUT2D eigenvalue weighted by molar-refractivity contribution is 0.391. The first-order valence-corrected chi connectivity index (χ1v) is 8.60. The lowest BCUT2D eigenvalue weighted by Crippen LogP contribution is -2.50. The van der Waals surface area contributed by atoms with Gasteiger partial charge in [-0.05, 0) is 54.7 Å². The average Bonchev–Trinajstić information content (AvgIpc) is 2.56. The molecule has 1 N–H and O–H groups in total. The van der Waals surface area contributed by atoms with Gasteiger partial charge in [0.25, 0.3) is 0 Å². The van der Waals surface area contributed by atoms with Gasteiger partial charge in [0.2, 0.25) is 0 Å².